The van der Waals surface area contributed by atoms with Crippen molar-refractivity contribution in [3.05, 3.63) is 35.9 Å². The molecule has 2 fully saturated rings. The molecule has 2 aliphatic rings. The fraction of sp³-hybridized carbons (Fsp3) is 0.565. The summed E-state index contributed by atoms with van der Waals surface area (Å²) in [6, 6.07) is 9.99. The number of hydrogen-bond acceptors (Lipinski definition) is 5. The van der Waals surface area contributed by atoms with Gasteiger partial charge >= 0.3 is 0 Å². The monoisotopic (exact) mass is 396 g/mol. The summed E-state index contributed by atoms with van der Waals surface area (Å²) >= 11 is 0. The highest BCUT2D eigenvalue weighted by atomic mass is 16.5. The maximum Gasteiger partial charge on any atom is 0.255 e. The summed E-state index contributed by atoms with van der Waals surface area (Å²) in [7, 11) is 0. The van der Waals surface area contributed by atoms with Gasteiger partial charge in [-0.05, 0) is 30.9 Å². The number of fused-ring (bicyclic) bond motifs is 1. The lowest BCUT2D eigenvalue weighted by molar-refractivity contribution is -0.0295. The highest BCUT2D eigenvalue weighted by molar-refractivity contribution is 6.02. The van der Waals surface area contributed by atoms with Crippen molar-refractivity contribution in [2.75, 3.05) is 50.8 Å². The largest absolute Gasteiger partial charge is 0.374 e. The molecule has 3 heterocycles. The third kappa shape index (κ3) is 4.87. The van der Waals surface area contributed by atoms with Gasteiger partial charge in [0.25, 0.3) is 5.91 Å². The highest BCUT2D eigenvalue weighted by Gasteiger charge is 2.25. The first-order valence-corrected chi connectivity index (χ1v) is 10.9. The number of nitrogens with zero attached hydrogens (tertiary/aromatic N) is 3. The lowest BCUT2D eigenvalue weighted by Gasteiger charge is -2.34. The number of pyridine rings is 1. The molecular weight excluding hydrogens is 364 g/mol. The quantitative estimate of drug-likeness (QED) is 0.814. The van der Waals surface area contributed by atoms with Crippen LogP contribution in [0.2, 0.25) is 0 Å². The van der Waals surface area contributed by atoms with Crippen LogP contribution in [0.25, 0.3) is 10.9 Å². The van der Waals surface area contributed by atoms with Gasteiger partial charge in [0.2, 0.25) is 0 Å². The van der Waals surface area contributed by atoms with Crippen molar-refractivity contribution in [1.29, 1.82) is 0 Å². The van der Waals surface area contributed by atoms with Gasteiger partial charge in [-0.15, -0.1) is 0 Å². The summed E-state index contributed by atoms with van der Waals surface area (Å²) < 4.78 is 5.89. The zero-order valence-corrected chi connectivity index (χ0v) is 17.6. The topological polar surface area (TPSA) is 57.7 Å². The number of amides is 1. The molecule has 0 saturated carbocycles. The van der Waals surface area contributed by atoms with Gasteiger partial charge in [0.1, 0.15) is 5.82 Å². The van der Waals surface area contributed by atoms with Crippen molar-refractivity contribution >= 4 is 22.6 Å². The molecule has 0 radical (unpaired) electrons. The van der Waals surface area contributed by atoms with Gasteiger partial charge in [0.15, 0.2) is 0 Å². The van der Waals surface area contributed by atoms with Gasteiger partial charge in [0, 0.05) is 44.7 Å². The van der Waals surface area contributed by atoms with Crippen molar-refractivity contribution in [3.8, 4) is 0 Å². The zero-order chi connectivity index (χ0) is 20.2. The highest BCUT2D eigenvalue weighted by Crippen LogP contribution is 2.26. The van der Waals surface area contributed by atoms with E-state index in [0.717, 1.165) is 68.9 Å². The molecule has 0 aliphatic carbocycles. The molecule has 0 spiro atoms. The number of ether oxygens (including phenoxy) is 1. The first kappa shape index (κ1) is 20.1. The summed E-state index contributed by atoms with van der Waals surface area (Å²) in [6.07, 6.45) is 2.34. The maximum atomic E-state index is 13.1. The van der Waals surface area contributed by atoms with Gasteiger partial charge in [0.05, 0.1) is 23.8 Å². The molecule has 1 atom stereocenters. The Morgan fingerprint density at radius 3 is 2.83 bits per heavy atom. The van der Waals surface area contributed by atoms with Gasteiger partial charge in [-0.2, -0.15) is 0 Å². The molecule has 1 aromatic carbocycles. The van der Waals surface area contributed by atoms with E-state index in [-0.39, 0.29) is 12.0 Å². The molecule has 1 aromatic heterocycles. The van der Waals surface area contributed by atoms with Crippen molar-refractivity contribution in [1.82, 2.24) is 15.2 Å². The van der Waals surface area contributed by atoms with E-state index in [0.29, 0.717) is 18.0 Å². The van der Waals surface area contributed by atoms with Crippen LogP contribution in [0, 0.1) is 5.92 Å². The Bertz CT molecular complexity index is 848. The van der Waals surface area contributed by atoms with Crippen molar-refractivity contribution < 1.29 is 9.53 Å². The summed E-state index contributed by atoms with van der Waals surface area (Å²) in [5, 5.41) is 4.11. The number of benzene rings is 1. The molecule has 1 unspecified atom stereocenters. The second-order valence-electron chi connectivity index (χ2n) is 8.60. The third-order valence-corrected chi connectivity index (χ3v) is 5.69. The number of nitrogens with one attached hydrogen (secondary N) is 1. The van der Waals surface area contributed by atoms with Crippen molar-refractivity contribution in [3.63, 3.8) is 0 Å². The van der Waals surface area contributed by atoms with E-state index in [1.165, 1.54) is 0 Å². The minimum atomic E-state index is -0.0604. The molecule has 156 valence electrons. The zero-order valence-electron chi connectivity index (χ0n) is 17.6. The Balaban J connectivity index is 1.48. The average molecular weight is 397 g/mol. The van der Waals surface area contributed by atoms with Crippen molar-refractivity contribution in [2.24, 2.45) is 5.92 Å². The minimum absolute atomic E-state index is 0.0371. The van der Waals surface area contributed by atoms with E-state index < -0.39 is 0 Å². The molecule has 0 bridgehead atoms. The first-order chi connectivity index (χ1) is 14.1. The molecule has 6 heteroatoms. The van der Waals surface area contributed by atoms with Crippen LogP contribution in [0.15, 0.2) is 30.3 Å². The maximum absolute atomic E-state index is 13.1. The second kappa shape index (κ2) is 9.09. The Morgan fingerprint density at radius 2 is 2.03 bits per heavy atom. The van der Waals surface area contributed by atoms with Crippen LogP contribution < -0.4 is 10.2 Å². The minimum Gasteiger partial charge on any atom is -0.374 e. The van der Waals surface area contributed by atoms with Crippen LogP contribution in [-0.4, -0.2) is 67.8 Å². The van der Waals surface area contributed by atoms with Crippen LogP contribution >= 0.6 is 0 Å². The SMILES string of the molecule is CC(C)CN1CCOC(CNC(=O)c2cc3ccccc3nc2N2CCCC2)C1. The molecule has 2 aromatic rings. The van der Waals surface area contributed by atoms with Crippen LogP contribution in [-0.2, 0) is 4.74 Å². The molecule has 6 nitrogen and oxygen atoms in total. The predicted molar refractivity (Wildman–Crippen MR) is 117 cm³/mol. The van der Waals surface area contributed by atoms with Crippen LogP contribution in [0.1, 0.15) is 37.0 Å². The number of carbonyl (C=O) groups is 1. The number of anilines is 1. The average Bonchev–Trinajstić information content (AvgIpc) is 3.25. The summed E-state index contributed by atoms with van der Waals surface area (Å²) in [4.78, 5) is 22.6. The number of hydrogen-bond donors (Lipinski definition) is 1. The molecule has 2 saturated heterocycles. The molecule has 1 N–H and O–H groups in total. The van der Waals surface area contributed by atoms with Crippen LogP contribution in [0.3, 0.4) is 0 Å². The van der Waals surface area contributed by atoms with E-state index in [1.807, 2.05) is 30.3 Å². The summed E-state index contributed by atoms with van der Waals surface area (Å²) in [5.41, 5.74) is 1.60. The molecule has 1 amide bonds. The fourth-order valence-electron chi connectivity index (χ4n) is 4.33. The Kier molecular flexibility index (Phi) is 6.31. The second-order valence-corrected chi connectivity index (χ2v) is 8.60. The standard InChI is InChI=1S/C23H32N4O2/c1-17(2)15-26-11-12-29-19(16-26)14-24-23(28)20-13-18-7-3-4-8-21(18)25-22(20)27-9-5-6-10-27/h3-4,7-8,13,17,19H,5-6,9-12,14-16H2,1-2H3,(H,24,28). The van der Waals surface area contributed by atoms with E-state index in [2.05, 4.69) is 29.0 Å². The number of aromatic nitrogens is 1. The summed E-state index contributed by atoms with van der Waals surface area (Å²) in [5.74, 6) is 1.38. The Labute approximate surface area is 173 Å². The van der Waals surface area contributed by atoms with E-state index in [9.17, 15) is 4.79 Å². The lowest BCUT2D eigenvalue weighted by Crippen LogP contribution is -2.48. The fourth-order valence-corrected chi connectivity index (χ4v) is 4.33. The van der Waals surface area contributed by atoms with Gasteiger partial charge in [-0.1, -0.05) is 32.0 Å². The van der Waals surface area contributed by atoms with Gasteiger partial charge in [-0.25, -0.2) is 4.98 Å². The Hall–Kier alpha value is -2.18. The van der Waals surface area contributed by atoms with Gasteiger partial charge in [-0.3, -0.25) is 9.69 Å². The van der Waals surface area contributed by atoms with E-state index >= 15 is 0 Å². The normalized spacial score (nSPS) is 20.5. The Morgan fingerprint density at radius 1 is 1.24 bits per heavy atom. The molecule has 29 heavy (non-hydrogen) atoms. The van der Waals surface area contributed by atoms with E-state index in [1.54, 1.807) is 0 Å². The number of para-hydroxylation sites is 1. The third-order valence-electron chi connectivity index (χ3n) is 5.69. The van der Waals surface area contributed by atoms with E-state index in [4.69, 9.17) is 9.72 Å². The van der Waals surface area contributed by atoms with Crippen LogP contribution in [0.5, 0.6) is 0 Å². The van der Waals surface area contributed by atoms with Gasteiger partial charge < -0.3 is 15.0 Å². The predicted octanol–water partition coefficient (Wildman–Crippen LogP) is 2.92. The van der Waals surface area contributed by atoms with Crippen molar-refractivity contribution in [2.45, 2.75) is 32.8 Å². The molecule has 2 aliphatic heterocycles. The number of carbonyl (C=O) groups excluding carboxylic acids is 1. The first-order valence-electron chi connectivity index (χ1n) is 10.9. The molecular formula is C23H32N4O2. The van der Waals surface area contributed by atoms with Crippen LogP contribution in [0.4, 0.5) is 5.82 Å². The smallest absolute Gasteiger partial charge is 0.255 e. The summed E-state index contributed by atoms with van der Waals surface area (Å²) in [6.45, 7) is 10.6. The molecule has 4 rings (SSSR count). The number of morpholine rings is 1. The number of rotatable bonds is 6. The lowest BCUT2D eigenvalue weighted by atomic mass is 10.1.